The number of nitrogens with zero attached hydrogens (tertiary/aromatic N) is 4. The van der Waals surface area contributed by atoms with E-state index in [2.05, 4.69) is 10.2 Å². The normalized spacial score (nSPS) is 11.7. The first-order valence-corrected chi connectivity index (χ1v) is 8.70. The number of halogens is 1. The minimum Gasteiger partial charge on any atom is -0.507 e. The molecular weight excluding hydrogens is 352 g/mol. The van der Waals surface area contributed by atoms with Crippen molar-refractivity contribution in [2.24, 2.45) is 5.92 Å². The molecule has 26 heavy (non-hydrogen) atoms. The zero-order valence-corrected chi connectivity index (χ0v) is 15.1. The third-order valence-corrected chi connectivity index (χ3v) is 4.49. The van der Waals surface area contributed by atoms with Gasteiger partial charge in [0, 0.05) is 11.6 Å². The maximum atomic E-state index is 13.0. The zero-order chi connectivity index (χ0) is 18.4. The van der Waals surface area contributed by atoms with Crippen molar-refractivity contribution in [1.82, 2.24) is 19.2 Å². The SMILES string of the molecule is CC(C)Cn1c(=O)c2ccccc2n2c(-c3cc(Cl)ccc3O)nnc12. The number of fused-ring (bicyclic) bond motifs is 3. The topological polar surface area (TPSA) is 72.4 Å². The lowest BCUT2D eigenvalue weighted by Gasteiger charge is -2.13. The Kier molecular flexibility index (Phi) is 3.92. The molecule has 4 aromatic rings. The van der Waals surface area contributed by atoms with Gasteiger partial charge in [0.15, 0.2) is 5.82 Å². The van der Waals surface area contributed by atoms with E-state index in [0.717, 1.165) is 0 Å². The van der Waals surface area contributed by atoms with Crippen molar-refractivity contribution < 1.29 is 5.11 Å². The predicted octanol–water partition coefficient (Wildman–Crippen LogP) is 3.73. The van der Waals surface area contributed by atoms with E-state index >= 15 is 0 Å². The fourth-order valence-corrected chi connectivity index (χ4v) is 3.32. The molecule has 6 nitrogen and oxygen atoms in total. The van der Waals surface area contributed by atoms with Gasteiger partial charge in [-0.05, 0) is 36.2 Å². The summed E-state index contributed by atoms with van der Waals surface area (Å²) in [5.41, 5.74) is 1.05. The fourth-order valence-electron chi connectivity index (χ4n) is 3.15. The second-order valence-electron chi connectivity index (χ2n) is 6.65. The van der Waals surface area contributed by atoms with Crippen molar-refractivity contribution in [2.75, 3.05) is 0 Å². The summed E-state index contributed by atoms with van der Waals surface area (Å²) in [7, 11) is 0. The average Bonchev–Trinajstić information content (AvgIpc) is 3.05. The molecule has 0 saturated carbocycles. The van der Waals surface area contributed by atoms with Crippen molar-refractivity contribution in [3.8, 4) is 17.1 Å². The summed E-state index contributed by atoms with van der Waals surface area (Å²) in [6.45, 7) is 4.60. The third-order valence-electron chi connectivity index (χ3n) is 4.26. The maximum absolute atomic E-state index is 13.0. The first kappa shape index (κ1) is 16.6. The van der Waals surface area contributed by atoms with Crippen molar-refractivity contribution in [1.29, 1.82) is 0 Å². The summed E-state index contributed by atoms with van der Waals surface area (Å²) in [6, 6.07) is 12.1. The number of hydrogen-bond donors (Lipinski definition) is 1. The molecule has 0 atom stereocenters. The van der Waals surface area contributed by atoms with E-state index in [1.54, 1.807) is 27.2 Å². The lowest BCUT2D eigenvalue weighted by Crippen LogP contribution is -2.25. The van der Waals surface area contributed by atoms with E-state index in [1.165, 1.54) is 6.07 Å². The van der Waals surface area contributed by atoms with Crippen LogP contribution in [0.5, 0.6) is 5.75 Å². The number of aromatic hydroxyl groups is 1. The molecule has 0 fully saturated rings. The van der Waals surface area contributed by atoms with Crippen LogP contribution in [0, 0.1) is 5.92 Å². The number of benzene rings is 2. The number of phenols is 1. The van der Waals surface area contributed by atoms with Gasteiger partial charge in [0.2, 0.25) is 5.78 Å². The van der Waals surface area contributed by atoms with Crippen LogP contribution in [0.15, 0.2) is 47.3 Å². The van der Waals surface area contributed by atoms with Gasteiger partial charge in [-0.3, -0.25) is 13.8 Å². The molecular formula is C19H17ClN4O2. The van der Waals surface area contributed by atoms with Gasteiger partial charge in [-0.1, -0.05) is 37.6 Å². The summed E-state index contributed by atoms with van der Waals surface area (Å²) in [4.78, 5) is 13.0. The summed E-state index contributed by atoms with van der Waals surface area (Å²) >= 11 is 6.10. The van der Waals surface area contributed by atoms with Crippen LogP contribution < -0.4 is 5.56 Å². The molecule has 7 heteroatoms. The van der Waals surface area contributed by atoms with Crippen LogP contribution in [-0.2, 0) is 6.54 Å². The highest BCUT2D eigenvalue weighted by Crippen LogP contribution is 2.31. The van der Waals surface area contributed by atoms with Crippen LogP contribution in [0.1, 0.15) is 13.8 Å². The van der Waals surface area contributed by atoms with Crippen LogP contribution in [0.2, 0.25) is 5.02 Å². The molecule has 0 aliphatic rings. The highest BCUT2D eigenvalue weighted by Gasteiger charge is 2.19. The Morgan fingerprint density at radius 1 is 1.15 bits per heavy atom. The molecule has 0 amide bonds. The standard InChI is InChI=1S/C19H17ClN4O2/c1-11(2)10-23-18(26)13-5-3-4-6-15(13)24-17(21-22-19(23)24)14-9-12(20)7-8-16(14)25/h3-9,11,25H,10H2,1-2H3. The highest BCUT2D eigenvalue weighted by molar-refractivity contribution is 6.30. The molecule has 0 saturated heterocycles. The van der Waals surface area contributed by atoms with Gasteiger partial charge in [0.05, 0.1) is 16.5 Å². The van der Waals surface area contributed by atoms with Gasteiger partial charge in [-0.25, -0.2) is 0 Å². The quantitative estimate of drug-likeness (QED) is 0.598. The molecule has 0 bridgehead atoms. The van der Waals surface area contributed by atoms with Crippen LogP contribution in [0.25, 0.3) is 28.1 Å². The molecule has 0 aliphatic carbocycles. The first-order chi connectivity index (χ1) is 12.5. The van der Waals surface area contributed by atoms with Gasteiger partial charge in [0.25, 0.3) is 5.56 Å². The number of aromatic nitrogens is 4. The van der Waals surface area contributed by atoms with E-state index in [9.17, 15) is 9.90 Å². The Balaban J connectivity index is 2.17. The molecule has 2 heterocycles. The Morgan fingerprint density at radius 2 is 1.92 bits per heavy atom. The van der Waals surface area contributed by atoms with Gasteiger partial charge in [-0.15, -0.1) is 10.2 Å². The van der Waals surface area contributed by atoms with E-state index < -0.39 is 0 Å². The fraction of sp³-hybridized carbons (Fsp3) is 0.211. The first-order valence-electron chi connectivity index (χ1n) is 8.33. The second-order valence-corrected chi connectivity index (χ2v) is 7.08. The van der Waals surface area contributed by atoms with Crippen LogP contribution >= 0.6 is 11.6 Å². The van der Waals surface area contributed by atoms with Gasteiger partial charge in [-0.2, -0.15) is 0 Å². The molecule has 132 valence electrons. The predicted molar refractivity (Wildman–Crippen MR) is 102 cm³/mol. The van der Waals surface area contributed by atoms with E-state index in [-0.39, 0.29) is 17.2 Å². The Bertz CT molecular complexity index is 1190. The molecule has 0 spiro atoms. The van der Waals surface area contributed by atoms with Gasteiger partial charge < -0.3 is 5.11 Å². The Hall–Kier alpha value is -2.86. The average molecular weight is 369 g/mol. The zero-order valence-electron chi connectivity index (χ0n) is 14.3. The van der Waals surface area contributed by atoms with E-state index in [0.29, 0.717) is 39.6 Å². The van der Waals surface area contributed by atoms with Crippen LogP contribution in [-0.4, -0.2) is 24.3 Å². The molecule has 0 radical (unpaired) electrons. The summed E-state index contributed by atoms with van der Waals surface area (Å²) < 4.78 is 3.43. The second kappa shape index (κ2) is 6.14. The Labute approximate surface area is 154 Å². The summed E-state index contributed by atoms with van der Waals surface area (Å²) in [5, 5.41) is 19.9. The number of phenolic OH excluding ortho intramolecular Hbond substituents is 1. The molecule has 2 aromatic heterocycles. The van der Waals surface area contributed by atoms with E-state index in [1.807, 2.05) is 32.0 Å². The Morgan fingerprint density at radius 3 is 2.69 bits per heavy atom. The number of rotatable bonds is 3. The number of para-hydroxylation sites is 1. The molecule has 2 aromatic carbocycles. The lowest BCUT2D eigenvalue weighted by molar-refractivity contribution is 0.477. The number of hydrogen-bond acceptors (Lipinski definition) is 4. The minimum absolute atomic E-state index is 0.0504. The van der Waals surface area contributed by atoms with Crippen LogP contribution in [0.3, 0.4) is 0 Å². The van der Waals surface area contributed by atoms with Crippen LogP contribution in [0.4, 0.5) is 0 Å². The van der Waals surface area contributed by atoms with Gasteiger partial charge >= 0.3 is 0 Å². The molecule has 0 aliphatic heterocycles. The lowest BCUT2D eigenvalue weighted by atomic mass is 10.1. The van der Waals surface area contributed by atoms with Crippen molar-refractivity contribution in [3.05, 3.63) is 57.8 Å². The maximum Gasteiger partial charge on any atom is 0.262 e. The van der Waals surface area contributed by atoms with Crippen molar-refractivity contribution in [3.63, 3.8) is 0 Å². The summed E-state index contributed by atoms with van der Waals surface area (Å²) in [6.07, 6.45) is 0. The van der Waals surface area contributed by atoms with Crippen molar-refractivity contribution in [2.45, 2.75) is 20.4 Å². The highest BCUT2D eigenvalue weighted by atomic mass is 35.5. The van der Waals surface area contributed by atoms with Crippen molar-refractivity contribution >= 4 is 28.3 Å². The minimum atomic E-state index is -0.101. The molecule has 4 rings (SSSR count). The van der Waals surface area contributed by atoms with E-state index in [4.69, 9.17) is 11.6 Å². The summed E-state index contributed by atoms with van der Waals surface area (Å²) in [5.74, 6) is 1.19. The molecule has 0 unspecified atom stereocenters. The third kappa shape index (κ3) is 2.54. The molecule has 1 N–H and O–H groups in total. The largest absolute Gasteiger partial charge is 0.507 e. The van der Waals surface area contributed by atoms with Gasteiger partial charge in [0.1, 0.15) is 5.75 Å². The smallest absolute Gasteiger partial charge is 0.262 e. The monoisotopic (exact) mass is 368 g/mol.